The number of nitriles is 1. The zero-order valence-electron chi connectivity index (χ0n) is 21.1. The first kappa shape index (κ1) is 26.9. The van der Waals surface area contributed by atoms with Crippen molar-refractivity contribution in [1.82, 2.24) is 10.2 Å². The van der Waals surface area contributed by atoms with Gasteiger partial charge in [-0.25, -0.2) is 0 Å². The van der Waals surface area contributed by atoms with E-state index in [-0.39, 0.29) is 34.7 Å². The normalized spacial score (nSPS) is 18.7. The average molecular weight is 579 g/mol. The van der Waals surface area contributed by atoms with E-state index in [1.165, 1.54) is 35.2 Å². The van der Waals surface area contributed by atoms with Crippen LogP contribution in [0.3, 0.4) is 0 Å². The second-order valence-corrected chi connectivity index (χ2v) is 12.6. The maximum absolute atomic E-state index is 13.6. The van der Waals surface area contributed by atoms with Gasteiger partial charge in [0.2, 0.25) is 5.13 Å². The third-order valence-corrected chi connectivity index (χ3v) is 9.15. The summed E-state index contributed by atoms with van der Waals surface area (Å²) in [7, 11) is 0. The largest absolute Gasteiger partial charge is 0.384 e. The third-order valence-electron chi connectivity index (χ3n) is 6.69. The number of Topliss-reactive ketones (excluding diaryl/α,β-unsaturated/α-hetero) is 1. The van der Waals surface area contributed by atoms with Crippen molar-refractivity contribution < 1.29 is 9.72 Å². The molecule has 9 nitrogen and oxygen atoms in total. The third kappa shape index (κ3) is 5.15. The highest BCUT2D eigenvalue weighted by molar-refractivity contribution is 8.00. The number of hydrogen-bond acceptors (Lipinski definition) is 10. The smallest absolute Gasteiger partial charge is 0.269 e. The van der Waals surface area contributed by atoms with Crippen LogP contribution in [0.4, 0.5) is 10.8 Å². The van der Waals surface area contributed by atoms with Gasteiger partial charge in [-0.1, -0.05) is 78.9 Å². The maximum Gasteiger partial charge on any atom is 0.269 e. The number of hydrogen-bond donors (Lipinski definition) is 1. The molecule has 1 aromatic heterocycles. The van der Waals surface area contributed by atoms with Gasteiger partial charge >= 0.3 is 0 Å². The van der Waals surface area contributed by atoms with Crippen molar-refractivity contribution >= 4 is 51.3 Å². The number of nitrogens with zero attached hydrogens (tertiary/aromatic N) is 5. The fraction of sp³-hybridized carbons (Fsp3) is 0.259. The molecule has 0 radical (unpaired) electrons. The van der Waals surface area contributed by atoms with Gasteiger partial charge in [-0.2, -0.15) is 5.26 Å². The van der Waals surface area contributed by atoms with E-state index >= 15 is 0 Å². The highest BCUT2D eigenvalue weighted by atomic mass is 35.5. The maximum atomic E-state index is 13.6. The Kier molecular flexibility index (Phi) is 7.20. The molecule has 0 saturated heterocycles. The second-order valence-electron chi connectivity index (χ2n) is 10.1. The SMILES string of the molecule is CC1(C)CC(=O)C2=C(C1)N(c1nnc(SCc3ccccc3Cl)s1)C(N)=C(C#N)C2c1cccc([N+](=O)[O-])c1. The zero-order chi connectivity index (χ0) is 27.9. The highest BCUT2D eigenvalue weighted by Gasteiger charge is 2.45. The van der Waals surface area contributed by atoms with E-state index in [1.54, 1.807) is 17.0 Å². The number of ketones is 1. The molecule has 39 heavy (non-hydrogen) atoms. The number of nitrogens with two attached hydrogens (primary N) is 1. The van der Waals surface area contributed by atoms with Gasteiger partial charge in [-0.15, -0.1) is 10.2 Å². The van der Waals surface area contributed by atoms with Gasteiger partial charge in [-0.3, -0.25) is 19.8 Å². The van der Waals surface area contributed by atoms with E-state index in [9.17, 15) is 20.2 Å². The van der Waals surface area contributed by atoms with Gasteiger partial charge < -0.3 is 5.73 Å². The van der Waals surface area contributed by atoms with Crippen LogP contribution in [-0.2, 0) is 10.5 Å². The number of carbonyl (C=O) groups excluding carboxylic acids is 1. The van der Waals surface area contributed by atoms with Crippen LogP contribution in [0.15, 0.2) is 75.5 Å². The number of benzene rings is 2. The Labute approximate surface area is 238 Å². The van der Waals surface area contributed by atoms with Gasteiger partial charge in [0.15, 0.2) is 10.1 Å². The first-order valence-electron chi connectivity index (χ1n) is 12.0. The molecule has 1 aliphatic heterocycles. The summed E-state index contributed by atoms with van der Waals surface area (Å²) in [4.78, 5) is 26.3. The number of non-ortho nitro benzene ring substituents is 1. The molecule has 0 bridgehead atoms. The molecule has 3 aromatic rings. The summed E-state index contributed by atoms with van der Waals surface area (Å²) >= 11 is 9.08. The summed E-state index contributed by atoms with van der Waals surface area (Å²) in [6, 6.07) is 15.8. The van der Waals surface area contributed by atoms with Crippen LogP contribution in [0.2, 0.25) is 5.02 Å². The molecule has 1 aliphatic carbocycles. The molecule has 1 atom stereocenters. The van der Waals surface area contributed by atoms with Crippen molar-refractivity contribution in [2.45, 2.75) is 42.7 Å². The van der Waals surface area contributed by atoms with E-state index < -0.39 is 10.8 Å². The van der Waals surface area contributed by atoms with Gasteiger partial charge in [0.1, 0.15) is 5.82 Å². The predicted octanol–water partition coefficient (Wildman–Crippen LogP) is 6.33. The lowest BCUT2D eigenvalue weighted by Crippen LogP contribution is -2.42. The van der Waals surface area contributed by atoms with Crippen molar-refractivity contribution in [3.05, 3.63) is 97.5 Å². The minimum Gasteiger partial charge on any atom is -0.384 e. The Bertz CT molecular complexity index is 1610. The Morgan fingerprint density at radius 1 is 1.26 bits per heavy atom. The number of halogens is 1. The van der Waals surface area contributed by atoms with E-state index in [1.807, 2.05) is 38.1 Å². The minimum absolute atomic E-state index is 0.124. The number of anilines is 1. The number of allylic oxidation sites excluding steroid dienone is 3. The first-order valence-corrected chi connectivity index (χ1v) is 14.2. The van der Waals surface area contributed by atoms with Crippen molar-refractivity contribution in [1.29, 1.82) is 5.26 Å². The highest BCUT2D eigenvalue weighted by Crippen LogP contribution is 2.51. The van der Waals surface area contributed by atoms with Crippen LogP contribution in [-0.4, -0.2) is 20.9 Å². The van der Waals surface area contributed by atoms with E-state index in [0.717, 1.165) is 5.56 Å². The molecule has 12 heteroatoms. The number of nitro benzene ring substituents is 1. The summed E-state index contributed by atoms with van der Waals surface area (Å²) in [6.45, 7) is 4.00. The van der Waals surface area contributed by atoms with E-state index in [2.05, 4.69) is 16.3 Å². The molecule has 198 valence electrons. The minimum atomic E-state index is -0.813. The number of aromatic nitrogens is 2. The van der Waals surface area contributed by atoms with Crippen LogP contribution in [0.25, 0.3) is 0 Å². The molecule has 2 heterocycles. The van der Waals surface area contributed by atoms with E-state index in [4.69, 9.17) is 17.3 Å². The second kappa shape index (κ2) is 10.4. The molecule has 0 fully saturated rings. The Morgan fingerprint density at radius 3 is 2.74 bits per heavy atom. The fourth-order valence-electron chi connectivity index (χ4n) is 4.98. The van der Waals surface area contributed by atoms with Crippen molar-refractivity contribution in [2.24, 2.45) is 11.1 Å². The van der Waals surface area contributed by atoms with Gasteiger partial charge in [0, 0.05) is 40.6 Å². The van der Waals surface area contributed by atoms with Crippen LogP contribution < -0.4 is 10.6 Å². The fourth-order valence-corrected chi connectivity index (χ4v) is 7.15. The molecular formula is C27H23ClN6O3S2. The van der Waals surface area contributed by atoms with Crippen molar-refractivity contribution in [3.63, 3.8) is 0 Å². The number of carbonyl (C=O) groups is 1. The summed E-state index contributed by atoms with van der Waals surface area (Å²) < 4.78 is 0.681. The molecule has 2 N–H and O–H groups in total. The lowest BCUT2D eigenvalue weighted by atomic mass is 9.68. The van der Waals surface area contributed by atoms with Gasteiger partial charge in [0.05, 0.1) is 22.5 Å². The molecule has 2 aromatic carbocycles. The number of nitro groups is 1. The average Bonchev–Trinajstić information content (AvgIpc) is 3.35. The summed E-state index contributed by atoms with van der Waals surface area (Å²) in [6.07, 6.45) is 0.777. The Hall–Kier alpha value is -3.72. The zero-order valence-corrected chi connectivity index (χ0v) is 23.4. The predicted molar refractivity (Wildman–Crippen MR) is 151 cm³/mol. The lowest BCUT2D eigenvalue weighted by Gasteiger charge is -2.42. The molecule has 0 spiro atoms. The quantitative estimate of drug-likeness (QED) is 0.202. The van der Waals surface area contributed by atoms with Crippen molar-refractivity contribution in [2.75, 3.05) is 4.90 Å². The molecule has 1 unspecified atom stereocenters. The number of rotatable bonds is 6. The van der Waals surface area contributed by atoms with Crippen LogP contribution >= 0.6 is 34.7 Å². The molecule has 5 rings (SSSR count). The standard InChI is InChI=1S/C27H23ClN6O3S2/c1-27(2)11-20-23(21(35)12-27)22(15-7-5-8-17(10-15)34(36)37)18(13-29)24(30)33(20)25-31-32-26(39-25)38-14-16-6-3-4-9-19(16)28/h3-10,22H,11-12,14,30H2,1-2H3. The molecule has 2 aliphatic rings. The molecule has 0 amide bonds. The first-order chi connectivity index (χ1) is 18.6. The van der Waals surface area contributed by atoms with Gasteiger partial charge in [0.25, 0.3) is 5.69 Å². The van der Waals surface area contributed by atoms with Gasteiger partial charge in [-0.05, 0) is 29.0 Å². The number of thioether (sulfide) groups is 1. The van der Waals surface area contributed by atoms with Crippen molar-refractivity contribution in [3.8, 4) is 6.07 Å². The topological polar surface area (TPSA) is 139 Å². The van der Waals surface area contributed by atoms with Crippen LogP contribution in [0.5, 0.6) is 0 Å². The van der Waals surface area contributed by atoms with Crippen LogP contribution in [0.1, 0.15) is 43.7 Å². The summed E-state index contributed by atoms with van der Waals surface area (Å²) in [5.41, 5.74) is 8.80. The van der Waals surface area contributed by atoms with Crippen LogP contribution in [0, 0.1) is 26.9 Å². The molecule has 0 saturated carbocycles. The Morgan fingerprint density at radius 2 is 2.03 bits per heavy atom. The van der Waals surface area contributed by atoms with E-state index in [0.29, 0.717) is 43.5 Å². The molecular weight excluding hydrogens is 556 g/mol. The monoisotopic (exact) mass is 578 g/mol. The Balaban J connectivity index is 1.59. The summed E-state index contributed by atoms with van der Waals surface area (Å²) in [5, 5.41) is 31.5. The summed E-state index contributed by atoms with van der Waals surface area (Å²) in [5.74, 6) is -0.207. The lowest BCUT2D eigenvalue weighted by molar-refractivity contribution is -0.384.